The summed E-state index contributed by atoms with van der Waals surface area (Å²) < 4.78 is 53.0. The molecule has 0 aromatic carbocycles. The van der Waals surface area contributed by atoms with E-state index in [-0.39, 0.29) is 0 Å². The summed E-state index contributed by atoms with van der Waals surface area (Å²) in [6, 6.07) is 0. The van der Waals surface area contributed by atoms with E-state index in [1.165, 1.54) is 0 Å². The van der Waals surface area contributed by atoms with Crippen LogP contribution in [0.15, 0.2) is 0 Å². The van der Waals surface area contributed by atoms with Gasteiger partial charge >= 0.3 is 6.18 Å². The number of alkyl halides is 3. The lowest BCUT2D eigenvalue weighted by atomic mass is 9.85. The van der Waals surface area contributed by atoms with Gasteiger partial charge in [0.05, 0.1) is 0 Å². The molecule has 0 aliphatic heterocycles. The maximum Gasteiger partial charge on any atom is 0.415 e. The zero-order chi connectivity index (χ0) is 12.4. The minimum atomic E-state index is -4.61. The van der Waals surface area contributed by atoms with Crippen LogP contribution >= 0.6 is 7.60 Å². The molecule has 0 saturated heterocycles. The van der Waals surface area contributed by atoms with E-state index in [0.29, 0.717) is 32.3 Å². The number of rotatable bonds is 3. The minimum Gasteiger partial charge on any atom is -0.779 e. The summed E-state index contributed by atoms with van der Waals surface area (Å²) >= 11 is 0. The molecule has 2 unspecified atom stereocenters. The summed E-state index contributed by atoms with van der Waals surface area (Å²) in [5.74, 6) is -0.726. The third-order valence-corrected chi connectivity index (χ3v) is 3.32. The van der Waals surface area contributed by atoms with Crippen molar-refractivity contribution < 1.29 is 27.2 Å². The highest BCUT2D eigenvalue weighted by atomic mass is 31.2. The van der Waals surface area contributed by atoms with Crippen LogP contribution in [-0.4, -0.2) is 18.9 Å². The molecule has 0 spiro atoms. The molecule has 7 heteroatoms. The smallest absolute Gasteiger partial charge is 0.415 e. The normalized spacial score (nSPS) is 25.1. The quantitative estimate of drug-likeness (QED) is 0.732. The average Bonchev–Trinajstić information content (AvgIpc) is 2.13. The number of hydrogen-bond donors (Lipinski definition) is 0. The zero-order valence-electron chi connectivity index (χ0n) is 9.00. The van der Waals surface area contributed by atoms with Gasteiger partial charge < -0.3 is 14.0 Å². The van der Waals surface area contributed by atoms with Crippen LogP contribution in [0.2, 0.25) is 0 Å². The third kappa shape index (κ3) is 4.44. The van der Waals surface area contributed by atoms with Gasteiger partial charge in [-0.25, -0.2) is 0 Å². The molecule has 1 fully saturated rings. The molecule has 0 N–H and O–H groups in total. The Balaban J connectivity index is 2.74. The Morgan fingerprint density at radius 2 is 1.81 bits per heavy atom. The van der Waals surface area contributed by atoms with E-state index in [1.807, 2.05) is 0 Å². The van der Waals surface area contributed by atoms with Crippen LogP contribution in [0.25, 0.3) is 0 Å². The fraction of sp³-hybridized carbons (Fsp3) is 1.00. The van der Waals surface area contributed by atoms with Crippen molar-refractivity contribution in [3.05, 3.63) is 0 Å². The summed E-state index contributed by atoms with van der Waals surface area (Å²) in [6.45, 7) is 0.675. The van der Waals surface area contributed by atoms with E-state index in [1.54, 1.807) is 0 Å². The van der Waals surface area contributed by atoms with Crippen LogP contribution in [0.4, 0.5) is 13.2 Å². The van der Waals surface area contributed by atoms with Crippen molar-refractivity contribution in [1.82, 2.24) is 0 Å². The number of hydrogen-bond acceptors (Lipinski definition) is 3. The van der Waals surface area contributed by atoms with Crippen LogP contribution in [-0.2, 0) is 9.09 Å². The van der Waals surface area contributed by atoms with Crippen molar-refractivity contribution >= 4 is 7.60 Å². The Hall–Kier alpha value is -0.0600. The highest BCUT2D eigenvalue weighted by Gasteiger charge is 2.46. The van der Waals surface area contributed by atoms with Gasteiger partial charge in [0.2, 0.25) is 0 Å². The van der Waals surface area contributed by atoms with Gasteiger partial charge in [-0.05, 0) is 18.8 Å². The van der Waals surface area contributed by atoms with Crippen LogP contribution in [0.5, 0.6) is 0 Å². The van der Waals surface area contributed by atoms with Crippen molar-refractivity contribution in [3.63, 3.8) is 0 Å². The van der Waals surface area contributed by atoms with Gasteiger partial charge in [0.15, 0.2) is 6.10 Å². The Morgan fingerprint density at radius 3 is 2.19 bits per heavy atom. The largest absolute Gasteiger partial charge is 0.779 e. The van der Waals surface area contributed by atoms with Crippen molar-refractivity contribution in [3.8, 4) is 0 Å². The highest BCUT2D eigenvalue weighted by molar-refractivity contribution is 7.50. The predicted octanol–water partition coefficient (Wildman–Crippen LogP) is 2.70. The number of halogens is 3. The van der Waals surface area contributed by atoms with E-state index < -0.39 is 25.8 Å². The van der Waals surface area contributed by atoms with Gasteiger partial charge in [0, 0.05) is 6.66 Å². The van der Waals surface area contributed by atoms with Gasteiger partial charge in [-0.3, -0.25) is 0 Å². The van der Waals surface area contributed by atoms with Gasteiger partial charge in [0.25, 0.3) is 0 Å². The van der Waals surface area contributed by atoms with Crippen molar-refractivity contribution in [1.29, 1.82) is 0 Å². The molecule has 0 aromatic heterocycles. The topological polar surface area (TPSA) is 49.4 Å². The molecule has 1 aliphatic carbocycles. The Morgan fingerprint density at radius 1 is 1.31 bits per heavy atom. The molecule has 0 bridgehead atoms. The Labute approximate surface area is 92.5 Å². The van der Waals surface area contributed by atoms with Crippen LogP contribution in [0.1, 0.15) is 32.1 Å². The lowest BCUT2D eigenvalue weighted by Gasteiger charge is -2.34. The molecule has 0 radical (unpaired) electrons. The lowest BCUT2D eigenvalue weighted by Crippen LogP contribution is -2.39. The molecular formula is C9H15F3O3P-. The molecule has 1 aliphatic rings. The van der Waals surface area contributed by atoms with Gasteiger partial charge in [-0.15, -0.1) is 0 Å². The molecule has 0 amide bonds. The summed E-state index contributed by atoms with van der Waals surface area (Å²) in [5, 5.41) is 0. The SMILES string of the molecule is CP(=O)([O-])OC(C1CCCCC1)C(F)(F)F. The Bertz CT molecular complexity index is 268. The zero-order valence-corrected chi connectivity index (χ0v) is 9.89. The van der Waals surface area contributed by atoms with Gasteiger partial charge in [-0.1, -0.05) is 19.3 Å². The second-order valence-corrected chi connectivity index (χ2v) is 5.99. The minimum absolute atomic E-state index is 0.379. The maximum atomic E-state index is 12.6. The summed E-state index contributed by atoms with van der Waals surface area (Å²) in [5.41, 5.74) is 0. The predicted molar refractivity (Wildman–Crippen MR) is 51.0 cm³/mol. The molecule has 1 rings (SSSR count). The van der Waals surface area contributed by atoms with E-state index in [0.717, 1.165) is 6.42 Å². The molecule has 1 saturated carbocycles. The first-order valence-corrected chi connectivity index (χ1v) is 7.23. The molecule has 3 nitrogen and oxygen atoms in total. The van der Waals surface area contributed by atoms with Crippen molar-refractivity contribution in [2.45, 2.75) is 44.4 Å². The second kappa shape index (κ2) is 5.07. The van der Waals surface area contributed by atoms with Crippen molar-refractivity contribution in [2.24, 2.45) is 5.92 Å². The molecule has 16 heavy (non-hydrogen) atoms. The average molecular weight is 259 g/mol. The molecule has 96 valence electrons. The molecule has 0 heterocycles. The third-order valence-electron chi connectivity index (χ3n) is 2.71. The molecule has 2 atom stereocenters. The van der Waals surface area contributed by atoms with E-state index in [4.69, 9.17) is 0 Å². The van der Waals surface area contributed by atoms with E-state index >= 15 is 0 Å². The first-order chi connectivity index (χ1) is 7.20. The van der Waals surface area contributed by atoms with Crippen molar-refractivity contribution in [2.75, 3.05) is 6.66 Å². The first-order valence-electron chi connectivity index (χ1n) is 5.24. The summed E-state index contributed by atoms with van der Waals surface area (Å²) in [4.78, 5) is 10.8. The van der Waals surface area contributed by atoms with Crippen LogP contribution in [0.3, 0.4) is 0 Å². The molecular weight excluding hydrogens is 244 g/mol. The first kappa shape index (κ1) is 14.0. The van der Waals surface area contributed by atoms with Crippen LogP contribution < -0.4 is 4.89 Å². The van der Waals surface area contributed by atoms with Gasteiger partial charge in [0.1, 0.15) is 7.60 Å². The summed E-state index contributed by atoms with van der Waals surface area (Å²) in [7, 11) is -4.35. The van der Waals surface area contributed by atoms with Crippen LogP contribution in [0, 0.1) is 5.92 Å². The van der Waals surface area contributed by atoms with Gasteiger partial charge in [-0.2, -0.15) is 13.2 Å². The molecule has 0 aromatic rings. The fourth-order valence-electron chi connectivity index (χ4n) is 2.06. The van der Waals surface area contributed by atoms with E-state index in [9.17, 15) is 22.6 Å². The highest BCUT2D eigenvalue weighted by Crippen LogP contribution is 2.44. The standard InChI is InChI=1S/C9H16F3O3P/c1-16(13,14)15-8(9(10,11)12)7-5-3-2-4-6-7/h7-8H,2-6H2,1H3,(H,13,14)/p-1. The summed E-state index contributed by atoms with van der Waals surface area (Å²) in [6.07, 6.45) is -3.71. The lowest BCUT2D eigenvalue weighted by molar-refractivity contribution is -0.248. The monoisotopic (exact) mass is 259 g/mol. The fourth-order valence-corrected chi connectivity index (χ4v) is 2.76. The second-order valence-electron chi connectivity index (χ2n) is 4.24. The van der Waals surface area contributed by atoms with E-state index in [2.05, 4.69) is 4.52 Å². The Kier molecular flexibility index (Phi) is 4.43. The maximum absolute atomic E-state index is 12.6.